The fourth-order valence-electron chi connectivity index (χ4n) is 8.23. The Balaban J connectivity index is 1.36. The van der Waals surface area contributed by atoms with Gasteiger partial charge in [-0.25, -0.2) is 0 Å². The molecule has 2 aromatic heterocycles. The van der Waals surface area contributed by atoms with E-state index in [9.17, 15) is 0 Å². The molecule has 0 radical (unpaired) electrons. The minimum Gasteiger partial charge on any atom is -0.455 e. The summed E-state index contributed by atoms with van der Waals surface area (Å²) >= 11 is 1.91. The van der Waals surface area contributed by atoms with E-state index in [1.807, 2.05) is 11.3 Å². The Morgan fingerprint density at radius 1 is 0.442 bits per heavy atom. The maximum absolute atomic E-state index is 7.06. The monoisotopic (exact) mass is 684 g/mol. The highest BCUT2D eigenvalue weighted by Gasteiger charge is 2.26. The van der Waals surface area contributed by atoms with E-state index < -0.39 is 0 Å². The van der Waals surface area contributed by atoms with Gasteiger partial charge in [-0.1, -0.05) is 154 Å². The fraction of sp³-hybridized carbons (Fsp3) is 0.0800. The average molecular weight is 685 g/mol. The van der Waals surface area contributed by atoms with E-state index in [1.165, 1.54) is 75.5 Å². The Morgan fingerprint density at radius 2 is 1.00 bits per heavy atom. The van der Waals surface area contributed by atoms with Crippen LogP contribution in [0.25, 0.3) is 97.4 Å². The molecule has 0 amide bonds. The molecule has 8 aromatic carbocycles. The molecule has 10 aromatic rings. The zero-order valence-electron chi connectivity index (χ0n) is 29.4. The maximum atomic E-state index is 7.06. The SMILES string of the molecule is CC(C)(C)c1cccc2c1sc1cccc(-c3c4ccccc4c(-c4cc(-c5ccccc5)cc(-c5ccccc5)c4)c4c3oc3ccccc34)c12. The molecule has 0 aliphatic heterocycles. The van der Waals surface area contributed by atoms with Crippen LogP contribution in [0, 0.1) is 0 Å². The summed E-state index contributed by atoms with van der Waals surface area (Å²) in [7, 11) is 0. The van der Waals surface area contributed by atoms with Crippen LogP contribution in [-0.4, -0.2) is 0 Å². The molecular weight excluding hydrogens is 649 g/mol. The molecule has 0 aliphatic carbocycles. The average Bonchev–Trinajstić information content (AvgIpc) is 3.76. The van der Waals surface area contributed by atoms with E-state index in [0.717, 1.165) is 27.5 Å². The summed E-state index contributed by atoms with van der Waals surface area (Å²) in [5.41, 5.74) is 12.8. The van der Waals surface area contributed by atoms with Gasteiger partial charge < -0.3 is 4.42 Å². The van der Waals surface area contributed by atoms with Gasteiger partial charge in [0.1, 0.15) is 11.2 Å². The molecule has 0 N–H and O–H groups in total. The second kappa shape index (κ2) is 11.8. The van der Waals surface area contributed by atoms with Crippen LogP contribution in [0.5, 0.6) is 0 Å². The lowest BCUT2D eigenvalue weighted by Crippen LogP contribution is -2.10. The molecule has 0 saturated heterocycles. The molecule has 2 heteroatoms. The van der Waals surface area contributed by atoms with Gasteiger partial charge in [0.15, 0.2) is 0 Å². The second-order valence-electron chi connectivity index (χ2n) is 14.8. The Bertz CT molecular complexity index is 2920. The Hall–Kier alpha value is -5.96. The first kappa shape index (κ1) is 30.8. The van der Waals surface area contributed by atoms with E-state index in [1.54, 1.807) is 0 Å². The van der Waals surface area contributed by atoms with Crippen LogP contribution < -0.4 is 0 Å². The summed E-state index contributed by atoms with van der Waals surface area (Å²) in [5, 5.41) is 7.29. The first-order chi connectivity index (χ1) is 25.4. The fourth-order valence-corrected chi connectivity index (χ4v) is 9.68. The van der Waals surface area contributed by atoms with E-state index in [-0.39, 0.29) is 5.41 Å². The van der Waals surface area contributed by atoms with Gasteiger partial charge in [-0.15, -0.1) is 11.3 Å². The molecule has 52 heavy (non-hydrogen) atoms. The largest absolute Gasteiger partial charge is 0.455 e. The highest BCUT2D eigenvalue weighted by atomic mass is 32.1. The van der Waals surface area contributed by atoms with Crippen LogP contribution >= 0.6 is 11.3 Å². The predicted molar refractivity (Wildman–Crippen MR) is 225 cm³/mol. The third-order valence-corrected chi connectivity index (χ3v) is 11.8. The summed E-state index contributed by atoms with van der Waals surface area (Å²) in [6, 6.07) is 59.6. The van der Waals surface area contributed by atoms with Crippen LogP contribution in [0.3, 0.4) is 0 Å². The van der Waals surface area contributed by atoms with Gasteiger partial charge >= 0.3 is 0 Å². The van der Waals surface area contributed by atoms with Crippen molar-refractivity contribution >= 4 is 64.2 Å². The summed E-state index contributed by atoms with van der Waals surface area (Å²) in [6.45, 7) is 6.94. The molecule has 0 spiro atoms. The molecule has 0 fully saturated rings. The lowest BCUT2D eigenvalue weighted by atomic mass is 9.84. The van der Waals surface area contributed by atoms with E-state index in [4.69, 9.17) is 4.42 Å². The van der Waals surface area contributed by atoms with Crippen molar-refractivity contribution in [1.29, 1.82) is 0 Å². The van der Waals surface area contributed by atoms with Gasteiger partial charge in [-0.3, -0.25) is 0 Å². The molecule has 248 valence electrons. The number of thiophene rings is 1. The first-order valence-electron chi connectivity index (χ1n) is 18.0. The van der Waals surface area contributed by atoms with Crippen molar-refractivity contribution < 1.29 is 4.42 Å². The maximum Gasteiger partial charge on any atom is 0.144 e. The predicted octanol–water partition coefficient (Wildman–Crippen LogP) is 15.1. The third kappa shape index (κ3) is 4.82. The Kier molecular flexibility index (Phi) is 7.00. The van der Waals surface area contributed by atoms with Crippen LogP contribution in [0.2, 0.25) is 0 Å². The third-order valence-electron chi connectivity index (χ3n) is 10.6. The van der Waals surface area contributed by atoms with E-state index in [0.29, 0.717) is 0 Å². The van der Waals surface area contributed by atoms with E-state index in [2.05, 4.69) is 185 Å². The summed E-state index contributed by atoms with van der Waals surface area (Å²) in [5.74, 6) is 0. The van der Waals surface area contributed by atoms with Crippen molar-refractivity contribution in [1.82, 2.24) is 0 Å². The molecule has 0 aliphatic rings. The molecule has 0 atom stereocenters. The van der Waals surface area contributed by atoms with Gasteiger partial charge in [-0.2, -0.15) is 0 Å². The highest BCUT2D eigenvalue weighted by molar-refractivity contribution is 7.26. The highest BCUT2D eigenvalue weighted by Crippen LogP contribution is 2.51. The van der Waals surface area contributed by atoms with Gasteiger partial charge in [-0.05, 0) is 85.5 Å². The minimum atomic E-state index is 0.0355. The van der Waals surface area contributed by atoms with Gasteiger partial charge in [0.2, 0.25) is 0 Å². The van der Waals surface area contributed by atoms with Crippen LogP contribution in [0.1, 0.15) is 26.3 Å². The number of hydrogen-bond donors (Lipinski definition) is 0. The number of fused-ring (bicyclic) bond motifs is 7. The summed E-state index contributed by atoms with van der Waals surface area (Å²) in [6.07, 6.45) is 0. The van der Waals surface area contributed by atoms with Gasteiger partial charge in [0.05, 0.1) is 0 Å². The van der Waals surface area contributed by atoms with Crippen molar-refractivity contribution in [3.05, 3.63) is 169 Å². The number of hydrogen-bond acceptors (Lipinski definition) is 2. The van der Waals surface area contributed by atoms with Gasteiger partial charge in [0, 0.05) is 42.1 Å². The lowest BCUT2D eigenvalue weighted by Gasteiger charge is -2.20. The Morgan fingerprint density at radius 3 is 1.67 bits per heavy atom. The van der Waals surface area contributed by atoms with Crippen LogP contribution in [0.4, 0.5) is 0 Å². The summed E-state index contributed by atoms with van der Waals surface area (Å²) < 4.78 is 9.72. The van der Waals surface area contributed by atoms with Crippen LogP contribution in [0.15, 0.2) is 168 Å². The zero-order chi connectivity index (χ0) is 35.0. The van der Waals surface area contributed by atoms with Crippen molar-refractivity contribution in [2.75, 3.05) is 0 Å². The molecule has 2 heterocycles. The Labute approximate surface area is 307 Å². The zero-order valence-corrected chi connectivity index (χ0v) is 30.2. The summed E-state index contributed by atoms with van der Waals surface area (Å²) in [4.78, 5) is 0. The standard InChI is InChI=1S/C50H36OS/c1-50(2,3)41-25-14-24-40-45-39(23-15-27-43(45)52-49(40)41)46-37-21-11-10-20-36(37)44(47-38-22-12-13-26-42(38)51-48(46)47)35-29-33(31-16-6-4-7-17-31)28-34(30-35)32-18-8-5-9-19-32/h4-30H,1-3H3. The number of rotatable bonds is 4. The number of benzene rings is 8. The minimum absolute atomic E-state index is 0.0355. The number of para-hydroxylation sites is 1. The topological polar surface area (TPSA) is 13.1 Å². The number of furan rings is 1. The van der Waals surface area contributed by atoms with Crippen molar-refractivity contribution in [2.24, 2.45) is 0 Å². The molecular formula is C50H36OS. The van der Waals surface area contributed by atoms with Crippen molar-refractivity contribution in [3.8, 4) is 44.5 Å². The lowest BCUT2D eigenvalue weighted by molar-refractivity contribution is 0.597. The smallest absolute Gasteiger partial charge is 0.144 e. The molecule has 0 bridgehead atoms. The molecule has 10 rings (SSSR count). The quantitative estimate of drug-likeness (QED) is 0.180. The van der Waals surface area contributed by atoms with Gasteiger partial charge in [0.25, 0.3) is 0 Å². The normalized spacial score (nSPS) is 12.1. The van der Waals surface area contributed by atoms with Crippen LogP contribution in [-0.2, 0) is 5.41 Å². The first-order valence-corrected chi connectivity index (χ1v) is 18.8. The van der Waals surface area contributed by atoms with Crippen molar-refractivity contribution in [3.63, 3.8) is 0 Å². The van der Waals surface area contributed by atoms with Crippen molar-refractivity contribution in [2.45, 2.75) is 26.2 Å². The second-order valence-corrected chi connectivity index (χ2v) is 15.9. The van der Waals surface area contributed by atoms with E-state index >= 15 is 0 Å². The molecule has 0 saturated carbocycles. The molecule has 1 nitrogen and oxygen atoms in total. The molecule has 0 unspecified atom stereocenters.